The van der Waals surface area contributed by atoms with Gasteiger partial charge < -0.3 is 9.88 Å². The van der Waals surface area contributed by atoms with Crippen LogP contribution in [0.1, 0.15) is 23.5 Å². The van der Waals surface area contributed by atoms with Gasteiger partial charge >= 0.3 is 0 Å². The van der Waals surface area contributed by atoms with Gasteiger partial charge in [0.15, 0.2) is 5.16 Å². The first kappa shape index (κ1) is 17.7. The number of nitro benzene ring substituents is 1. The number of amides is 1. The number of terminal acetylenes is 1. The minimum absolute atomic E-state index is 0.0158. The summed E-state index contributed by atoms with van der Waals surface area (Å²) in [6.45, 7) is 0. The molecule has 0 bridgehead atoms. The number of benzene rings is 1. The summed E-state index contributed by atoms with van der Waals surface area (Å²) < 4.78 is 1.61. The third kappa shape index (κ3) is 3.19. The van der Waals surface area contributed by atoms with Crippen molar-refractivity contribution in [3.63, 3.8) is 0 Å². The summed E-state index contributed by atoms with van der Waals surface area (Å²) in [7, 11) is 1.68. The lowest BCUT2D eigenvalue weighted by atomic mass is 9.86. The van der Waals surface area contributed by atoms with Crippen LogP contribution >= 0.6 is 11.8 Å². The monoisotopic (exact) mass is 370 g/mol. The van der Waals surface area contributed by atoms with Gasteiger partial charge in [-0.3, -0.25) is 19.7 Å². The highest BCUT2D eigenvalue weighted by Crippen LogP contribution is 2.36. The number of non-ortho nitro benzene ring substituents is 1. The second-order valence-electron chi connectivity index (χ2n) is 5.67. The highest BCUT2D eigenvalue weighted by Gasteiger charge is 2.32. The molecule has 1 atom stereocenters. The minimum atomic E-state index is -0.600. The maximum absolute atomic E-state index is 12.6. The van der Waals surface area contributed by atoms with Crippen LogP contribution in [0.2, 0.25) is 0 Å². The molecule has 1 amide bonds. The summed E-state index contributed by atoms with van der Waals surface area (Å²) in [6, 6.07) is 5.95. The van der Waals surface area contributed by atoms with E-state index in [0.717, 1.165) is 0 Å². The lowest BCUT2D eigenvalue weighted by Crippen LogP contribution is -2.33. The third-order valence-corrected chi connectivity index (χ3v) is 5.00. The molecule has 0 saturated carbocycles. The van der Waals surface area contributed by atoms with E-state index in [2.05, 4.69) is 16.2 Å². The van der Waals surface area contributed by atoms with Gasteiger partial charge in [-0.05, 0) is 5.56 Å². The number of carbonyl (C=O) groups excluding carboxylic acids is 1. The van der Waals surface area contributed by atoms with Crippen molar-refractivity contribution in [1.29, 1.82) is 0 Å². The molecule has 1 aromatic carbocycles. The van der Waals surface area contributed by atoms with Crippen LogP contribution in [0.4, 0.5) is 11.5 Å². The molecule has 1 aliphatic heterocycles. The van der Waals surface area contributed by atoms with Crippen LogP contribution in [0.5, 0.6) is 0 Å². The Kier molecular flexibility index (Phi) is 4.77. The quantitative estimate of drug-likeness (QED) is 0.290. The van der Waals surface area contributed by atoms with Crippen molar-refractivity contribution < 1.29 is 9.72 Å². The van der Waals surface area contributed by atoms with Crippen LogP contribution in [0.25, 0.3) is 0 Å². The van der Waals surface area contributed by atoms with E-state index in [1.807, 2.05) is 0 Å². The van der Waals surface area contributed by atoms with Gasteiger partial charge in [-0.2, -0.15) is 4.98 Å². The molecule has 0 radical (unpaired) electrons. The first-order valence-electron chi connectivity index (χ1n) is 7.63. The van der Waals surface area contributed by atoms with Gasteiger partial charge in [0.05, 0.1) is 16.2 Å². The van der Waals surface area contributed by atoms with E-state index in [1.165, 1.54) is 30.0 Å². The molecule has 0 spiro atoms. The molecule has 0 saturated heterocycles. The smallest absolute Gasteiger partial charge is 0.279 e. The molecule has 1 aliphatic rings. The maximum atomic E-state index is 12.6. The number of nitrogens with zero attached hydrogens (tertiary/aromatic N) is 3. The van der Waals surface area contributed by atoms with E-state index >= 15 is 0 Å². The molecule has 1 unspecified atom stereocenters. The fourth-order valence-corrected chi connectivity index (χ4v) is 3.56. The molecule has 9 heteroatoms. The van der Waals surface area contributed by atoms with E-state index in [1.54, 1.807) is 17.7 Å². The molecule has 8 nitrogen and oxygen atoms in total. The average molecular weight is 370 g/mol. The van der Waals surface area contributed by atoms with E-state index in [9.17, 15) is 19.7 Å². The minimum Gasteiger partial charge on any atom is -0.312 e. The summed E-state index contributed by atoms with van der Waals surface area (Å²) in [6.07, 6.45) is 5.27. The highest BCUT2D eigenvalue weighted by atomic mass is 32.2. The van der Waals surface area contributed by atoms with Crippen LogP contribution in [-0.4, -0.2) is 26.1 Å². The Morgan fingerprint density at radius 1 is 1.50 bits per heavy atom. The lowest BCUT2D eigenvalue weighted by Gasteiger charge is -2.27. The van der Waals surface area contributed by atoms with Crippen molar-refractivity contribution >= 4 is 29.2 Å². The number of rotatable bonds is 4. The predicted molar refractivity (Wildman–Crippen MR) is 97.2 cm³/mol. The number of nitro groups is 1. The number of carbonyl (C=O) groups is 1. The van der Waals surface area contributed by atoms with Gasteiger partial charge in [-0.25, -0.2) is 0 Å². The number of thioether (sulfide) groups is 1. The molecular weight excluding hydrogens is 356 g/mol. The van der Waals surface area contributed by atoms with E-state index < -0.39 is 16.4 Å². The molecule has 1 N–H and O–H groups in total. The molecule has 2 aromatic rings. The maximum Gasteiger partial charge on any atom is 0.279 e. The van der Waals surface area contributed by atoms with E-state index in [4.69, 9.17) is 6.42 Å². The Morgan fingerprint density at radius 2 is 2.27 bits per heavy atom. The summed E-state index contributed by atoms with van der Waals surface area (Å²) in [4.78, 5) is 39.4. The van der Waals surface area contributed by atoms with Crippen molar-refractivity contribution in [2.45, 2.75) is 17.5 Å². The summed E-state index contributed by atoms with van der Waals surface area (Å²) in [5.74, 6) is 2.26. The topological polar surface area (TPSA) is 107 Å². The summed E-state index contributed by atoms with van der Waals surface area (Å²) in [5, 5.41) is 14.1. The van der Waals surface area contributed by atoms with Crippen molar-refractivity contribution in [3.05, 3.63) is 55.9 Å². The normalized spacial score (nSPS) is 15.7. The highest BCUT2D eigenvalue weighted by molar-refractivity contribution is 7.99. The standard InChI is InChI=1S/C17H14N4O4S/c1-3-7-26-17-19-16(23)14-12(9-13(22)18-15(14)20(17)2)10-5-4-6-11(8-10)21(24)25/h1,4-6,8,12H,7,9H2,2H3,(H,18,22). The zero-order valence-electron chi connectivity index (χ0n) is 13.8. The SMILES string of the molecule is C#CCSc1nc(=O)c2c(n1C)NC(=O)CC2c1cccc([N+](=O)[O-])c1. The molecule has 0 fully saturated rings. The fraction of sp³-hybridized carbons (Fsp3) is 0.235. The second-order valence-corrected chi connectivity index (χ2v) is 6.61. The Bertz CT molecular complexity index is 1010. The molecule has 26 heavy (non-hydrogen) atoms. The van der Waals surface area contributed by atoms with Gasteiger partial charge in [0, 0.05) is 31.5 Å². The number of hydrogen-bond acceptors (Lipinski definition) is 6. The van der Waals surface area contributed by atoms with Gasteiger partial charge in [0.1, 0.15) is 5.82 Å². The number of nitrogens with one attached hydrogen (secondary N) is 1. The molecule has 2 heterocycles. The predicted octanol–water partition coefficient (Wildman–Crippen LogP) is 1.89. The van der Waals surface area contributed by atoms with Crippen molar-refractivity contribution in [1.82, 2.24) is 9.55 Å². The van der Waals surface area contributed by atoms with Crippen LogP contribution in [0.15, 0.2) is 34.2 Å². The Labute approximate surface area is 152 Å². The van der Waals surface area contributed by atoms with E-state index in [-0.39, 0.29) is 18.0 Å². The molecular formula is C17H14N4O4S. The number of anilines is 1. The van der Waals surface area contributed by atoms with Gasteiger partial charge in [-0.15, -0.1) is 6.42 Å². The van der Waals surface area contributed by atoms with Gasteiger partial charge in [0.25, 0.3) is 11.2 Å². The first-order chi connectivity index (χ1) is 12.4. The average Bonchev–Trinajstić information content (AvgIpc) is 2.62. The molecule has 132 valence electrons. The van der Waals surface area contributed by atoms with Crippen molar-refractivity contribution in [2.75, 3.05) is 11.1 Å². The number of hydrogen-bond donors (Lipinski definition) is 1. The molecule has 3 rings (SSSR count). The Morgan fingerprint density at radius 3 is 2.96 bits per heavy atom. The van der Waals surface area contributed by atoms with Gasteiger partial charge in [0.2, 0.25) is 5.91 Å². The van der Waals surface area contributed by atoms with Crippen LogP contribution in [-0.2, 0) is 11.8 Å². The summed E-state index contributed by atoms with van der Waals surface area (Å²) >= 11 is 1.21. The first-order valence-corrected chi connectivity index (χ1v) is 8.62. The van der Waals surface area contributed by atoms with Gasteiger partial charge in [-0.1, -0.05) is 29.8 Å². The lowest BCUT2D eigenvalue weighted by molar-refractivity contribution is -0.384. The third-order valence-electron chi connectivity index (χ3n) is 4.07. The second kappa shape index (κ2) is 7.01. The van der Waals surface area contributed by atoms with Crippen LogP contribution < -0.4 is 10.9 Å². The fourth-order valence-electron chi connectivity index (χ4n) is 2.91. The molecule has 1 aromatic heterocycles. The van der Waals surface area contributed by atoms with Crippen LogP contribution in [0, 0.1) is 22.5 Å². The van der Waals surface area contributed by atoms with E-state index in [0.29, 0.717) is 27.9 Å². The summed E-state index contributed by atoms with van der Waals surface area (Å²) in [5.41, 5.74) is 0.269. The Balaban J connectivity index is 2.16. The molecule has 0 aliphatic carbocycles. The Hall–Kier alpha value is -3.12. The largest absolute Gasteiger partial charge is 0.312 e. The van der Waals surface area contributed by atoms with Crippen molar-refractivity contribution in [3.8, 4) is 12.3 Å². The van der Waals surface area contributed by atoms with Crippen LogP contribution in [0.3, 0.4) is 0 Å². The number of fused-ring (bicyclic) bond motifs is 1. The zero-order valence-corrected chi connectivity index (χ0v) is 14.6. The zero-order chi connectivity index (χ0) is 18.8. The van der Waals surface area contributed by atoms with Crippen molar-refractivity contribution in [2.24, 2.45) is 7.05 Å². The number of aromatic nitrogens is 2.